The lowest BCUT2D eigenvalue weighted by Crippen LogP contribution is -2.51. The van der Waals surface area contributed by atoms with Gasteiger partial charge in [0.1, 0.15) is 0 Å². The molecule has 0 bridgehead atoms. The van der Waals surface area contributed by atoms with E-state index < -0.39 is 6.04 Å². The van der Waals surface area contributed by atoms with Gasteiger partial charge in [-0.05, 0) is 50.3 Å². The Hall–Kier alpha value is -1.59. The summed E-state index contributed by atoms with van der Waals surface area (Å²) in [5.41, 5.74) is 3.37. The normalized spacial score (nSPS) is 14.5. The van der Waals surface area contributed by atoms with Crippen LogP contribution in [0.25, 0.3) is 0 Å². The van der Waals surface area contributed by atoms with Crippen LogP contribution >= 0.6 is 28.1 Å². The standard InChI is InChI=1S/C20H21BrN2OS/c1-2-22-20(25)18(19(24)16-9-5-6-10-17(16)21)23-12-11-14-7-3-4-8-15(14)13-23/h5-6,9-13,18H,2-4,7-8H2,1H3/p+1. The molecule has 130 valence electrons. The minimum Gasteiger partial charge on any atom is -0.374 e. The second kappa shape index (κ2) is 8.19. The molecule has 1 unspecified atom stereocenters. The maximum Gasteiger partial charge on any atom is 0.270 e. The number of rotatable bonds is 5. The maximum absolute atomic E-state index is 13.3. The summed E-state index contributed by atoms with van der Waals surface area (Å²) in [6.45, 7) is 2.69. The smallest absolute Gasteiger partial charge is 0.270 e. The van der Waals surface area contributed by atoms with Crippen molar-refractivity contribution in [2.75, 3.05) is 6.54 Å². The number of nitrogens with zero attached hydrogens (tertiary/aromatic N) is 1. The van der Waals surface area contributed by atoms with Crippen molar-refractivity contribution in [1.82, 2.24) is 5.32 Å². The predicted molar refractivity (Wildman–Crippen MR) is 107 cm³/mol. The van der Waals surface area contributed by atoms with Gasteiger partial charge in [-0.3, -0.25) is 4.79 Å². The zero-order valence-corrected chi connectivity index (χ0v) is 16.7. The second-order valence-corrected chi connectivity index (χ2v) is 7.59. The van der Waals surface area contributed by atoms with E-state index in [0.717, 1.165) is 17.3 Å². The van der Waals surface area contributed by atoms with Gasteiger partial charge in [0.15, 0.2) is 17.4 Å². The van der Waals surface area contributed by atoms with Gasteiger partial charge in [-0.1, -0.05) is 40.3 Å². The van der Waals surface area contributed by atoms with Crippen LogP contribution in [0.4, 0.5) is 0 Å². The Labute approximate surface area is 162 Å². The Bertz CT molecular complexity index is 806. The van der Waals surface area contributed by atoms with Gasteiger partial charge < -0.3 is 5.32 Å². The van der Waals surface area contributed by atoms with E-state index in [9.17, 15) is 4.79 Å². The number of aromatic nitrogens is 1. The van der Waals surface area contributed by atoms with Crippen LogP contribution in [0, 0.1) is 0 Å². The molecule has 0 saturated carbocycles. The quantitative estimate of drug-likeness (QED) is 0.453. The molecule has 1 aromatic heterocycles. The number of hydrogen-bond donors (Lipinski definition) is 1. The van der Waals surface area contributed by atoms with Crippen molar-refractivity contribution in [2.45, 2.75) is 38.6 Å². The number of aryl methyl sites for hydroxylation is 2. The topological polar surface area (TPSA) is 33.0 Å². The van der Waals surface area contributed by atoms with Gasteiger partial charge in [-0.15, -0.1) is 0 Å². The highest BCUT2D eigenvalue weighted by atomic mass is 79.9. The number of likely N-dealkylation sites (N-methyl/N-ethyl adjacent to an activating group) is 1. The largest absolute Gasteiger partial charge is 0.374 e. The number of carbonyl (C=O) groups excluding carboxylic acids is 1. The van der Waals surface area contributed by atoms with Crippen molar-refractivity contribution >= 4 is 38.9 Å². The highest BCUT2D eigenvalue weighted by molar-refractivity contribution is 9.10. The van der Waals surface area contributed by atoms with Crippen LogP contribution in [0.2, 0.25) is 0 Å². The van der Waals surface area contributed by atoms with E-state index in [1.165, 1.54) is 24.0 Å². The molecule has 0 amide bonds. The fraction of sp³-hybridized carbons (Fsp3) is 0.350. The summed E-state index contributed by atoms with van der Waals surface area (Å²) in [5, 5.41) is 3.17. The molecular formula is C20H22BrN2OS+. The summed E-state index contributed by atoms with van der Waals surface area (Å²) >= 11 is 9.05. The highest BCUT2D eigenvalue weighted by Gasteiger charge is 2.34. The van der Waals surface area contributed by atoms with E-state index in [4.69, 9.17) is 12.2 Å². The Balaban J connectivity index is 2.02. The lowest BCUT2D eigenvalue weighted by molar-refractivity contribution is -0.692. The third kappa shape index (κ3) is 3.98. The highest BCUT2D eigenvalue weighted by Crippen LogP contribution is 2.22. The summed E-state index contributed by atoms with van der Waals surface area (Å²) in [6, 6.07) is 9.13. The summed E-state index contributed by atoms with van der Waals surface area (Å²) in [4.78, 5) is 13.8. The van der Waals surface area contributed by atoms with Crippen LogP contribution in [0.3, 0.4) is 0 Å². The van der Waals surface area contributed by atoms with Gasteiger partial charge in [0.2, 0.25) is 5.78 Å². The van der Waals surface area contributed by atoms with Crippen molar-refractivity contribution in [3.8, 4) is 0 Å². The molecule has 3 nitrogen and oxygen atoms in total. The number of ketones is 1. The number of pyridine rings is 1. The first kappa shape index (κ1) is 18.2. The average Bonchev–Trinajstić information content (AvgIpc) is 2.62. The van der Waals surface area contributed by atoms with E-state index >= 15 is 0 Å². The van der Waals surface area contributed by atoms with Crippen molar-refractivity contribution in [1.29, 1.82) is 0 Å². The van der Waals surface area contributed by atoms with Gasteiger partial charge in [0, 0.05) is 28.2 Å². The van der Waals surface area contributed by atoms with Crippen LogP contribution < -0.4 is 9.88 Å². The molecule has 0 spiro atoms. The van der Waals surface area contributed by atoms with Crippen molar-refractivity contribution in [3.05, 3.63) is 63.9 Å². The molecule has 1 atom stereocenters. The van der Waals surface area contributed by atoms with E-state index in [1.54, 1.807) is 0 Å². The first-order valence-corrected chi connectivity index (χ1v) is 9.91. The minimum absolute atomic E-state index is 0.000755. The molecule has 0 fully saturated rings. The zero-order valence-electron chi connectivity index (χ0n) is 14.3. The van der Waals surface area contributed by atoms with Gasteiger partial charge in [-0.2, -0.15) is 4.57 Å². The molecule has 1 heterocycles. The van der Waals surface area contributed by atoms with Crippen LogP contribution in [-0.4, -0.2) is 17.3 Å². The molecular weight excluding hydrogens is 396 g/mol. The summed E-state index contributed by atoms with van der Waals surface area (Å²) in [7, 11) is 0. The van der Waals surface area contributed by atoms with Crippen LogP contribution in [0.15, 0.2) is 47.2 Å². The van der Waals surface area contributed by atoms with Gasteiger partial charge in [-0.25, -0.2) is 0 Å². The van der Waals surface area contributed by atoms with E-state index in [0.29, 0.717) is 17.1 Å². The van der Waals surface area contributed by atoms with E-state index in [2.05, 4.69) is 33.5 Å². The van der Waals surface area contributed by atoms with Crippen molar-refractivity contribution in [3.63, 3.8) is 0 Å². The van der Waals surface area contributed by atoms with Crippen molar-refractivity contribution in [2.24, 2.45) is 0 Å². The third-order valence-electron chi connectivity index (χ3n) is 4.59. The molecule has 1 aliphatic rings. The van der Waals surface area contributed by atoms with Gasteiger partial charge in [0.05, 0.1) is 0 Å². The van der Waals surface area contributed by atoms with Crippen LogP contribution in [-0.2, 0) is 12.8 Å². The molecule has 5 heteroatoms. The summed E-state index contributed by atoms with van der Waals surface area (Å²) in [6.07, 6.45) is 8.74. The molecule has 1 N–H and O–H groups in total. The first-order chi connectivity index (χ1) is 12.1. The Kier molecular flexibility index (Phi) is 5.97. The molecule has 3 rings (SSSR count). The van der Waals surface area contributed by atoms with Crippen molar-refractivity contribution < 1.29 is 9.36 Å². The third-order valence-corrected chi connectivity index (χ3v) is 5.65. The molecule has 1 aromatic carbocycles. The van der Waals surface area contributed by atoms with Crippen LogP contribution in [0.5, 0.6) is 0 Å². The summed E-state index contributed by atoms with van der Waals surface area (Å²) < 4.78 is 2.76. The number of hydrogen-bond acceptors (Lipinski definition) is 2. The Morgan fingerprint density at radius 2 is 1.96 bits per heavy atom. The fourth-order valence-electron chi connectivity index (χ4n) is 3.32. The second-order valence-electron chi connectivity index (χ2n) is 6.29. The monoisotopic (exact) mass is 417 g/mol. The Morgan fingerprint density at radius 3 is 2.68 bits per heavy atom. The molecule has 2 aromatic rings. The molecule has 0 saturated heterocycles. The fourth-order valence-corrected chi connectivity index (χ4v) is 4.17. The number of halogens is 1. The van der Waals surface area contributed by atoms with Crippen LogP contribution in [0.1, 0.15) is 47.3 Å². The SMILES string of the molecule is CCNC(=S)C(C(=O)c1ccccc1Br)[n+]1ccc2c(c1)CCCC2. The molecule has 1 aliphatic carbocycles. The lowest BCUT2D eigenvalue weighted by atomic mass is 9.93. The van der Waals surface area contributed by atoms with Gasteiger partial charge in [0.25, 0.3) is 6.04 Å². The predicted octanol–water partition coefficient (Wildman–Crippen LogP) is 3.98. The number of fused-ring (bicyclic) bond motifs is 1. The number of benzene rings is 1. The number of Topliss-reactive ketones (excluding diaryl/α,β-unsaturated/α-hetero) is 1. The average molecular weight is 418 g/mol. The van der Waals surface area contributed by atoms with Gasteiger partial charge >= 0.3 is 0 Å². The minimum atomic E-state index is -0.527. The first-order valence-electron chi connectivity index (χ1n) is 8.70. The molecule has 0 aliphatic heterocycles. The van der Waals surface area contributed by atoms with E-state index in [-0.39, 0.29) is 5.78 Å². The zero-order chi connectivity index (χ0) is 17.8. The Morgan fingerprint density at radius 1 is 1.24 bits per heavy atom. The molecule has 25 heavy (non-hydrogen) atoms. The number of thiocarbonyl (C=S) groups is 1. The van der Waals surface area contributed by atoms with E-state index in [1.807, 2.05) is 42.0 Å². The number of nitrogens with one attached hydrogen (secondary N) is 1. The lowest BCUT2D eigenvalue weighted by Gasteiger charge is -2.18. The maximum atomic E-state index is 13.3. The molecule has 0 radical (unpaired) electrons. The summed E-state index contributed by atoms with van der Waals surface area (Å²) in [5.74, 6) is -0.000755. The number of carbonyl (C=O) groups is 1.